The van der Waals surface area contributed by atoms with E-state index in [0.29, 0.717) is 12.3 Å². The molecule has 1 unspecified atom stereocenters. The minimum atomic E-state index is -0.204. The topological polar surface area (TPSA) is 74.2 Å². The molecule has 0 saturated heterocycles. The lowest BCUT2D eigenvalue weighted by molar-refractivity contribution is 0.395. The molecule has 2 rings (SSSR count). The molecule has 1 atom stereocenters. The molecular formula is C12H15N3O2. The summed E-state index contributed by atoms with van der Waals surface area (Å²) in [6.45, 7) is 1.97. The van der Waals surface area contributed by atoms with Gasteiger partial charge in [-0.05, 0) is 18.6 Å². The van der Waals surface area contributed by atoms with Gasteiger partial charge in [-0.2, -0.15) is 0 Å². The predicted molar refractivity (Wildman–Crippen MR) is 62.7 cm³/mol. The van der Waals surface area contributed by atoms with Crippen molar-refractivity contribution < 1.29 is 9.15 Å². The van der Waals surface area contributed by atoms with Crippen LogP contribution in [0.3, 0.4) is 0 Å². The third-order valence-electron chi connectivity index (χ3n) is 2.58. The highest BCUT2D eigenvalue weighted by Gasteiger charge is 2.14. The smallest absolute Gasteiger partial charge is 0.216 e. The van der Waals surface area contributed by atoms with Gasteiger partial charge < -0.3 is 14.9 Å². The van der Waals surface area contributed by atoms with E-state index in [1.807, 2.05) is 13.0 Å². The number of nitrogens with zero attached hydrogens (tertiary/aromatic N) is 2. The summed E-state index contributed by atoms with van der Waals surface area (Å²) in [6.07, 6.45) is 3.70. The van der Waals surface area contributed by atoms with Gasteiger partial charge in [0.2, 0.25) is 5.88 Å². The molecule has 0 amide bonds. The summed E-state index contributed by atoms with van der Waals surface area (Å²) < 4.78 is 10.4. The summed E-state index contributed by atoms with van der Waals surface area (Å²) in [5, 5.41) is 0. The second kappa shape index (κ2) is 4.97. The van der Waals surface area contributed by atoms with Crippen LogP contribution in [0.2, 0.25) is 0 Å². The Morgan fingerprint density at radius 3 is 2.94 bits per heavy atom. The average molecular weight is 233 g/mol. The number of methoxy groups -OCH3 is 1. The maximum absolute atomic E-state index is 6.07. The molecule has 0 fully saturated rings. The van der Waals surface area contributed by atoms with Gasteiger partial charge in [-0.15, -0.1) is 0 Å². The van der Waals surface area contributed by atoms with Crippen LogP contribution in [0.25, 0.3) is 0 Å². The van der Waals surface area contributed by atoms with Crippen molar-refractivity contribution in [1.82, 2.24) is 9.97 Å². The molecule has 0 aliphatic rings. The monoisotopic (exact) mass is 233 g/mol. The molecular weight excluding hydrogens is 218 g/mol. The molecule has 0 radical (unpaired) electrons. The number of furan rings is 1. The molecule has 2 aromatic heterocycles. The first kappa shape index (κ1) is 11.6. The van der Waals surface area contributed by atoms with Gasteiger partial charge in [0.15, 0.2) is 0 Å². The van der Waals surface area contributed by atoms with Crippen LogP contribution in [0.1, 0.15) is 23.1 Å². The Morgan fingerprint density at radius 1 is 1.47 bits per heavy atom. The molecule has 2 aromatic rings. The molecule has 2 N–H and O–H groups in total. The Bertz CT molecular complexity index is 496. The van der Waals surface area contributed by atoms with Crippen LogP contribution in [0.5, 0.6) is 5.88 Å². The van der Waals surface area contributed by atoms with Crippen LogP contribution in [0.15, 0.2) is 29.1 Å². The minimum absolute atomic E-state index is 0.204. The molecule has 0 saturated carbocycles. The summed E-state index contributed by atoms with van der Waals surface area (Å²) in [4.78, 5) is 8.10. The highest BCUT2D eigenvalue weighted by atomic mass is 16.5. The second-order valence-corrected chi connectivity index (χ2v) is 3.83. The lowest BCUT2D eigenvalue weighted by atomic mass is 10.1. The van der Waals surface area contributed by atoms with Crippen molar-refractivity contribution in [2.45, 2.75) is 19.4 Å². The molecule has 90 valence electrons. The third kappa shape index (κ3) is 2.62. The van der Waals surface area contributed by atoms with E-state index in [1.165, 1.54) is 6.33 Å². The zero-order valence-electron chi connectivity index (χ0n) is 9.88. The number of nitrogens with two attached hydrogens (primary N) is 1. The van der Waals surface area contributed by atoms with E-state index in [0.717, 1.165) is 17.0 Å². The Morgan fingerprint density at radius 2 is 2.29 bits per heavy atom. The lowest BCUT2D eigenvalue weighted by Gasteiger charge is -2.09. The molecule has 0 aromatic carbocycles. The van der Waals surface area contributed by atoms with Crippen LogP contribution in [0, 0.1) is 6.92 Å². The van der Waals surface area contributed by atoms with E-state index in [9.17, 15) is 0 Å². The molecule has 0 aliphatic heterocycles. The van der Waals surface area contributed by atoms with Crippen molar-refractivity contribution in [2.75, 3.05) is 7.11 Å². The first-order valence-electron chi connectivity index (χ1n) is 5.35. The first-order valence-corrected chi connectivity index (χ1v) is 5.35. The van der Waals surface area contributed by atoms with Crippen molar-refractivity contribution in [2.24, 2.45) is 5.73 Å². The summed E-state index contributed by atoms with van der Waals surface area (Å²) >= 11 is 0. The van der Waals surface area contributed by atoms with Crippen LogP contribution < -0.4 is 10.5 Å². The number of aryl methyl sites for hydroxylation is 1. The SMILES string of the molecule is COc1cc(CC(N)c2occc2C)ncn1. The lowest BCUT2D eigenvalue weighted by Crippen LogP contribution is -2.14. The Hall–Kier alpha value is -1.88. The normalized spacial score (nSPS) is 12.4. The fourth-order valence-electron chi connectivity index (χ4n) is 1.68. The number of hydrogen-bond donors (Lipinski definition) is 1. The highest BCUT2D eigenvalue weighted by Crippen LogP contribution is 2.20. The summed E-state index contributed by atoms with van der Waals surface area (Å²) in [7, 11) is 1.57. The fraction of sp³-hybridized carbons (Fsp3) is 0.333. The predicted octanol–water partition coefficient (Wildman–Crippen LogP) is 1.63. The van der Waals surface area contributed by atoms with E-state index in [1.54, 1.807) is 19.4 Å². The molecule has 0 aliphatic carbocycles. The van der Waals surface area contributed by atoms with E-state index >= 15 is 0 Å². The maximum atomic E-state index is 6.07. The zero-order chi connectivity index (χ0) is 12.3. The summed E-state index contributed by atoms with van der Waals surface area (Å²) in [6, 6.07) is 3.47. The third-order valence-corrected chi connectivity index (χ3v) is 2.58. The Labute approximate surface area is 99.6 Å². The van der Waals surface area contributed by atoms with Gasteiger partial charge >= 0.3 is 0 Å². The van der Waals surface area contributed by atoms with Crippen LogP contribution in [-0.4, -0.2) is 17.1 Å². The fourth-order valence-corrected chi connectivity index (χ4v) is 1.68. The Kier molecular flexibility index (Phi) is 3.39. The van der Waals surface area contributed by atoms with Crippen molar-refractivity contribution in [1.29, 1.82) is 0 Å². The number of aromatic nitrogens is 2. The molecule has 5 nitrogen and oxygen atoms in total. The minimum Gasteiger partial charge on any atom is -0.481 e. The maximum Gasteiger partial charge on any atom is 0.216 e. The van der Waals surface area contributed by atoms with Gasteiger partial charge in [-0.3, -0.25) is 0 Å². The number of hydrogen-bond acceptors (Lipinski definition) is 5. The van der Waals surface area contributed by atoms with Gasteiger partial charge in [-0.1, -0.05) is 0 Å². The quantitative estimate of drug-likeness (QED) is 0.868. The molecule has 0 spiro atoms. The van der Waals surface area contributed by atoms with Crippen LogP contribution in [-0.2, 0) is 6.42 Å². The second-order valence-electron chi connectivity index (χ2n) is 3.83. The molecule has 0 bridgehead atoms. The largest absolute Gasteiger partial charge is 0.481 e. The summed E-state index contributed by atoms with van der Waals surface area (Å²) in [5.74, 6) is 1.33. The van der Waals surface area contributed by atoms with Crippen LogP contribution in [0.4, 0.5) is 0 Å². The van der Waals surface area contributed by atoms with Crippen molar-refractivity contribution in [3.8, 4) is 5.88 Å². The zero-order valence-corrected chi connectivity index (χ0v) is 9.88. The van der Waals surface area contributed by atoms with E-state index in [-0.39, 0.29) is 6.04 Å². The van der Waals surface area contributed by atoms with Crippen LogP contribution >= 0.6 is 0 Å². The average Bonchev–Trinajstić information content (AvgIpc) is 2.76. The first-order chi connectivity index (χ1) is 8.20. The van der Waals surface area contributed by atoms with E-state index in [2.05, 4.69) is 9.97 Å². The Balaban J connectivity index is 2.13. The number of rotatable bonds is 4. The van der Waals surface area contributed by atoms with Gasteiger partial charge in [-0.25, -0.2) is 9.97 Å². The molecule has 2 heterocycles. The van der Waals surface area contributed by atoms with Crippen molar-refractivity contribution in [3.05, 3.63) is 41.7 Å². The van der Waals surface area contributed by atoms with Gasteiger partial charge in [0.25, 0.3) is 0 Å². The van der Waals surface area contributed by atoms with Crippen molar-refractivity contribution in [3.63, 3.8) is 0 Å². The standard InChI is InChI=1S/C12H15N3O2/c1-8-3-4-17-12(8)10(13)5-9-6-11(16-2)15-7-14-9/h3-4,6-7,10H,5,13H2,1-2H3. The van der Waals surface area contributed by atoms with Gasteiger partial charge in [0.05, 0.1) is 19.4 Å². The summed E-state index contributed by atoms with van der Waals surface area (Å²) in [5.41, 5.74) is 7.96. The van der Waals surface area contributed by atoms with E-state index in [4.69, 9.17) is 14.9 Å². The van der Waals surface area contributed by atoms with Gasteiger partial charge in [0, 0.05) is 18.2 Å². The molecule has 17 heavy (non-hydrogen) atoms. The number of ether oxygens (including phenoxy) is 1. The van der Waals surface area contributed by atoms with E-state index < -0.39 is 0 Å². The highest BCUT2D eigenvalue weighted by molar-refractivity contribution is 5.21. The van der Waals surface area contributed by atoms with Gasteiger partial charge in [0.1, 0.15) is 12.1 Å². The van der Waals surface area contributed by atoms with Crippen molar-refractivity contribution >= 4 is 0 Å². The molecule has 5 heteroatoms.